The van der Waals surface area contributed by atoms with Crippen molar-refractivity contribution in [3.05, 3.63) is 65.0 Å². The number of hydrogen-bond acceptors (Lipinski definition) is 7. The van der Waals surface area contributed by atoms with Crippen LogP contribution < -0.4 is 5.73 Å². The maximum atomic E-state index is 12.5. The molecule has 10 heteroatoms. The fourth-order valence-electron chi connectivity index (χ4n) is 3.91. The Kier molecular flexibility index (Phi) is 4.83. The molecule has 0 spiro atoms. The number of benzene rings is 1. The van der Waals surface area contributed by atoms with Crippen molar-refractivity contribution < 1.29 is 9.90 Å². The van der Waals surface area contributed by atoms with Gasteiger partial charge in [0.05, 0.1) is 18.8 Å². The zero-order valence-corrected chi connectivity index (χ0v) is 16.8. The van der Waals surface area contributed by atoms with Gasteiger partial charge in [-0.25, -0.2) is 10.1 Å². The van der Waals surface area contributed by atoms with E-state index >= 15 is 0 Å². The molecule has 4 aromatic rings. The molecule has 1 aromatic carbocycles. The minimum atomic E-state index is -0.416. The first-order valence-electron chi connectivity index (χ1n) is 10.1. The number of aromatic amines is 1. The Morgan fingerprint density at radius 2 is 2.10 bits per heavy atom. The third-order valence-corrected chi connectivity index (χ3v) is 5.47. The molecule has 31 heavy (non-hydrogen) atoms. The van der Waals surface area contributed by atoms with Crippen LogP contribution in [0.1, 0.15) is 33.5 Å². The van der Waals surface area contributed by atoms with E-state index in [2.05, 4.69) is 25.5 Å². The molecule has 4 heterocycles. The highest BCUT2D eigenvalue weighted by Crippen LogP contribution is 2.19. The largest absolute Gasteiger partial charge is 0.391 e. The number of carbonyl (C=O) groups excluding carboxylic acids is 1. The Morgan fingerprint density at radius 3 is 2.87 bits per heavy atom. The van der Waals surface area contributed by atoms with E-state index in [0.717, 1.165) is 16.7 Å². The molecule has 0 saturated carbocycles. The topological polar surface area (TPSA) is 139 Å². The van der Waals surface area contributed by atoms with Gasteiger partial charge in [-0.1, -0.05) is 17.3 Å². The van der Waals surface area contributed by atoms with Gasteiger partial charge in [0, 0.05) is 31.3 Å². The van der Waals surface area contributed by atoms with E-state index in [1.54, 1.807) is 11.0 Å². The zero-order valence-electron chi connectivity index (χ0n) is 16.8. The molecule has 1 atom stereocenters. The van der Waals surface area contributed by atoms with Crippen molar-refractivity contribution in [2.75, 3.05) is 18.8 Å². The van der Waals surface area contributed by atoms with Crippen LogP contribution in [0.3, 0.4) is 0 Å². The van der Waals surface area contributed by atoms with E-state index in [0.29, 0.717) is 55.0 Å². The van der Waals surface area contributed by atoms with E-state index in [1.165, 1.54) is 0 Å². The number of nitrogens with two attached hydrogens (primary N) is 1. The van der Waals surface area contributed by atoms with E-state index < -0.39 is 6.10 Å². The van der Waals surface area contributed by atoms with Crippen molar-refractivity contribution in [2.24, 2.45) is 0 Å². The predicted molar refractivity (Wildman–Crippen MR) is 113 cm³/mol. The molecule has 158 valence electrons. The third kappa shape index (κ3) is 3.97. The standard InChI is InChI=1S/C21H22N8O2/c22-18-8-16(19-20(24-18)26-27-25-19)7-14-9-23-29(11-14)10-13-1-3-15(4-2-13)21(31)28-6-5-17(30)12-28/h1-4,8-9,11,17,30H,5-7,10,12H2,(H3,22,24,25,26,27). The first-order valence-corrected chi connectivity index (χ1v) is 10.1. The van der Waals surface area contributed by atoms with Crippen molar-refractivity contribution >= 4 is 22.9 Å². The maximum Gasteiger partial charge on any atom is 0.253 e. The van der Waals surface area contributed by atoms with Gasteiger partial charge in [-0.3, -0.25) is 9.48 Å². The number of aliphatic hydroxyl groups excluding tert-OH is 1. The van der Waals surface area contributed by atoms with Crippen LogP contribution in [0.5, 0.6) is 0 Å². The van der Waals surface area contributed by atoms with Gasteiger partial charge in [0.2, 0.25) is 0 Å². The Hall–Kier alpha value is -3.79. The molecule has 10 nitrogen and oxygen atoms in total. The fraction of sp³-hybridized carbons (Fsp3) is 0.286. The number of likely N-dealkylation sites (tertiary alicyclic amines) is 1. The summed E-state index contributed by atoms with van der Waals surface area (Å²) >= 11 is 0. The van der Waals surface area contributed by atoms with Crippen LogP contribution in [-0.4, -0.2) is 65.3 Å². The first kappa shape index (κ1) is 19.2. The van der Waals surface area contributed by atoms with Crippen molar-refractivity contribution in [1.82, 2.24) is 35.1 Å². The molecule has 0 aliphatic carbocycles. The van der Waals surface area contributed by atoms with Crippen LogP contribution in [0.15, 0.2) is 42.7 Å². The molecule has 5 rings (SSSR count). The van der Waals surface area contributed by atoms with Crippen molar-refractivity contribution in [2.45, 2.75) is 25.5 Å². The van der Waals surface area contributed by atoms with Crippen molar-refractivity contribution in [3.8, 4) is 0 Å². The van der Waals surface area contributed by atoms with Crippen LogP contribution in [0.25, 0.3) is 11.2 Å². The quantitative estimate of drug-likeness (QED) is 0.439. The number of pyridine rings is 1. The molecule has 3 aromatic heterocycles. The summed E-state index contributed by atoms with van der Waals surface area (Å²) in [6.07, 6.45) is 4.64. The Morgan fingerprint density at radius 1 is 1.26 bits per heavy atom. The molecule has 1 fully saturated rings. The first-order chi connectivity index (χ1) is 15.0. The molecule has 1 aliphatic heterocycles. The number of carbonyl (C=O) groups is 1. The summed E-state index contributed by atoms with van der Waals surface area (Å²) in [7, 11) is 0. The van der Waals surface area contributed by atoms with Gasteiger partial charge in [0.1, 0.15) is 11.3 Å². The number of anilines is 1. The molecule has 4 N–H and O–H groups in total. The minimum Gasteiger partial charge on any atom is -0.391 e. The number of aliphatic hydroxyl groups is 1. The normalized spacial score (nSPS) is 16.3. The van der Waals surface area contributed by atoms with Crippen LogP contribution in [-0.2, 0) is 13.0 Å². The second-order valence-corrected chi connectivity index (χ2v) is 7.83. The molecular formula is C21H22N8O2. The summed E-state index contributed by atoms with van der Waals surface area (Å²) in [5.74, 6) is 0.374. The van der Waals surface area contributed by atoms with E-state index in [9.17, 15) is 9.90 Å². The van der Waals surface area contributed by atoms with Crippen molar-refractivity contribution in [1.29, 1.82) is 0 Å². The number of β-amino-alcohol motifs (C(OH)–C–C–N with tert-alkyl or cyclic N) is 1. The lowest BCUT2D eigenvalue weighted by Crippen LogP contribution is -2.29. The van der Waals surface area contributed by atoms with Crippen LogP contribution >= 0.6 is 0 Å². The highest BCUT2D eigenvalue weighted by atomic mass is 16.3. The molecule has 1 unspecified atom stereocenters. The Bertz CT molecular complexity index is 1230. The summed E-state index contributed by atoms with van der Waals surface area (Å²) in [5, 5.41) is 24.7. The van der Waals surface area contributed by atoms with E-state index in [4.69, 9.17) is 5.73 Å². The summed E-state index contributed by atoms with van der Waals surface area (Å²) < 4.78 is 1.85. The monoisotopic (exact) mass is 418 g/mol. The second-order valence-electron chi connectivity index (χ2n) is 7.83. The zero-order chi connectivity index (χ0) is 21.4. The number of fused-ring (bicyclic) bond motifs is 1. The minimum absolute atomic E-state index is 0.0414. The number of nitrogens with one attached hydrogen (secondary N) is 1. The number of amides is 1. The number of nitrogens with zero attached hydrogens (tertiary/aromatic N) is 6. The second kappa shape index (κ2) is 7.80. The SMILES string of the molecule is Nc1cc(Cc2cnn(Cc3ccc(C(=O)N4CCC(O)C4)cc3)c2)c2nn[nH]c2n1. The number of nitrogen functional groups attached to an aromatic ring is 1. The lowest BCUT2D eigenvalue weighted by atomic mass is 10.1. The third-order valence-electron chi connectivity index (χ3n) is 5.47. The summed E-state index contributed by atoms with van der Waals surface area (Å²) in [5.41, 5.74) is 10.8. The molecular weight excluding hydrogens is 396 g/mol. The lowest BCUT2D eigenvalue weighted by Gasteiger charge is -2.15. The van der Waals surface area contributed by atoms with Gasteiger partial charge in [-0.05, 0) is 41.3 Å². The van der Waals surface area contributed by atoms with Crippen LogP contribution in [0.2, 0.25) is 0 Å². The molecule has 1 amide bonds. The number of hydrogen-bond donors (Lipinski definition) is 3. The predicted octanol–water partition coefficient (Wildman–Crippen LogP) is 0.977. The van der Waals surface area contributed by atoms with Crippen LogP contribution in [0.4, 0.5) is 5.82 Å². The molecule has 0 bridgehead atoms. The van der Waals surface area contributed by atoms with Gasteiger partial charge >= 0.3 is 0 Å². The van der Waals surface area contributed by atoms with Gasteiger partial charge in [-0.15, -0.1) is 5.10 Å². The Balaban J connectivity index is 1.26. The molecule has 1 saturated heterocycles. The number of aromatic nitrogens is 6. The molecule has 1 aliphatic rings. The average Bonchev–Trinajstić information content (AvgIpc) is 3.49. The van der Waals surface area contributed by atoms with E-state index in [-0.39, 0.29) is 5.91 Å². The number of H-pyrrole nitrogens is 1. The summed E-state index contributed by atoms with van der Waals surface area (Å²) in [4.78, 5) is 18.4. The van der Waals surface area contributed by atoms with Gasteiger partial charge < -0.3 is 15.7 Å². The van der Waals surface area contributed by atoms with Gasteiger partial charge in [0.25, 0.3) is 5.91 Å². The summed E-state index contributed by atoms with van der Waals surface area (Å²) in [6.45, 7) is 1.59. The average molecular weight is 418 g/mol. The molecule has 0 radical (unpaired) electrons. The number of rotatable bonds is 5. The lowest BCUT2D eigenvalue weighted by molar-refractivity contribution is 0.0765. The maximum absolute atomic E-state index is 12.5. The highest BCUT2D eigenvalue weighted by molar-refractivity contribution is 5.94. The van der Waals surface area contributed by atoms with Gasteiger partial charge in [0.15, 0.2) is 5.65 Å². The Labute approximate surface area is 177 Å². The summed E-state index contributed by atoms with van der Waals surface area (Å²) in [6, 6.07) is 9.33. The highest BCUT2D eigenvalue weighted by Gasteiger charge is 2.25. The van der Waals surface area contributed by atoms with E-state index in [1.807, 2.05) is 41.3 Å². The van der Waals surface area contributed by atoms with Gasteiger partial charge in [-0.2, -0.15) is 5.10 Å². The smallest absolute Gasteiger partial charge is 0.253 e. The van der Waals surface area contributed by atoms with Crippen LogP contribution in [0, 0.1) is 0 Å². The van der Waals surface area contributed by atoms with Crippen molar-refractivity contribution in [3.63, 3.8) is 0 Å². The fourth-order valence-corrected chi connectivity index (χ4v) is 3.91.